The first kappa shape index (κ1) is 14.8. The Labute approximate surface area is 131 Å². The summed E-state index contributed by atoms with van der Waals surface area (Å²) >= 11 is 0. The number of hydrogen-bond acceptors (Lipinski definition) is 4. The molecule has 0 unspecified atom stereocenters. The highest BCUT2D eigenvalue weighted by Crippen LogP contribution is 2.16. The highest BCUT2D eigenvalue weighted by Gasteiger charge is 2.14. The van der Waals surface area contributed by atoms with Gasteiger partial charge < -0.3 is 9.73 Å². The van der Waals surface area contributed by atoms with Crippen LogP contribution in [-0.2, 0) is 11.3 Å². The minimum atomic E-state index is -0.635. The van der Waals surface area contributed by atoms with E-state index in [1.165, 1.54) is 17.6 Å². The Morgan fingerprint density at radius 2 is 1.87 bits per heavy atom. The predicted octanol–water partition coefficient (Wildman–Crippen LogP) is 2.44. The number of nitrogens with zero attached hydrogens (tertiary/aromatic N) is 1. The molecule has 1 aromatic heterocycles. The number of benzene rings is 2. The molecule has 0 saturated carbocycles. The molecule has 1 amide bonds. The molecule has 0 aliphatic rings. The van der Waals surface area contributed by atoms with Crippen LogP contribution in [0.25, 0.3) is 11.1 Å². The molecule has 0 bridgehead atoms. The van der Waals surface area contributed by atoms with Gasteiger partial charge in [0, 0.05) is 11.3 Å². The zero-order valence-electron chi connectivity index (χ0n) is 12.4. The Balaban J connectivity index is 1.88. The molecule has 0 aliphatic heterocycles. The Morgan fingerprint density at radius 1 is 1.13 bits per heavy atom. The fourth-order valence-corrected chi connectivity index (χ4v) is 2.30. The predicted molar refractivity (Wildman–Crippen MR) is 85.6 cm³/mol. The van der Waals surface area contributed by atoms with Gasteiger partial charge in [-0.2, -0.15) is 0 Å². The molecular weight excluding hydrogens is 296 g/mol. The zero-order chi connectivity index (χ0) is 16.4. The second kappa shape index (κ2) is 5.92. The molecule has 0 atom stereocenters. The molecule has 6 nitrogen and oxygen atoms in total. The lowest BCUT2D eigenvalue weighted by Gasteiger charge is -2.05. The third kappa shape index (κ3) is 3.06. The monoisotopic (exact) mass is 310 g/mol. The molecule has 0 aliphatic carbocycles. The normalized spacial score (nSPS) is 10.7. The van der Waals surface area contributed by atoms with Gasteiger partial charge in [-0.05, 0) is 37.3 Å². The van der Waals surface area contributed by atoms with Crippen LogP contribution in [0, 0.1) is 0 Å². The summed E-state index contributed by atoms with van der Waals surface area (Å²) in [4.78, 5) is 35.4. The number of carbonyl (C=O) groups is 2. The third-order valence-corrected chi connectivity index (χ3v) is 3.43. The van der Waals surface area contributed by atoms with Crippen molar-refractivity contribution in [2.24, 2.45) is 0 Å². The smallest absolute Gasteiger partial charge is 0.408 e. The van der Waals surface area contributed by atoms with Gasteiger partial charge in [0.15, 0.2) is 11.4 Å². The van der Waals surface area contributed by atoms with Gasteiger partial charge in [-0.15, -0.1) is 0 Å². The van der Waals surface area contributed by atoms with Crippen LogP contribution in [0.1, 0.15) is 17.3 Å². The third-order valence-electron chi connectivity index (χ3n) is 3.43. The maximum Gasteiger partial charge on any atom is 0.420 e. The lowest BCUT2D eigenvalue weighted by Crippen LogP contribution is -2.24. The van der Waals surface area contributed by atoms with Crippen molar-refractivity contribution in [2.45, 2.75) is 13.5 Å². The molecule has 1 N–H and O–H groups in total. The minimum absolute atomic E-state index is 0.121. The van der Waals surface area contributed by atoms with Gasteiger partial charge in [-0.25, -0.2) is 4.79 Å². The first-order valence-electron chi connectivity index (χ1n) is 7.04. The number of para-hydroxylation sites is 1. The summed E-state index contributed by atoms with van der Waals surface area (Å²) in [6.45, 7) is 1.27. The Bertz CT molecular complexity index is 938. The summed E-state index contributed by atoms with van der Waals surface area (Å²) in [5, 5.41) is 2.71. The number of rotatable bonds is 4. The molecule has 2 aromatic carbocycles. The fraction of sp³-hybridized carbons (Fsp3) is 0.118. The van der Waals surface area contributed by atoms with Crippen molar-refractivity contribution in [3.8, 4) is 0 Å². The van der Waals surface area contributed by atoms with E-state index in [0.717, 1.165) is 0 Å². The molecular formula is C17H14N2O4. The van der Waals surface area contributed by atoms with Gasteiger partial charge in [0.2, 0.25) is 5.91 Å². The van der Waals surface area contributed by atoms with E-state index in [1.54, 1.807) is 36.4 Å². The average molecular weight is 310 g/mol. The van der Waals surface area contributed by atoms with Crippen molar-refractivity contribution >= 4 is 28.5 Å². The Hall–Kier alpha value is -3.15. The molecule has 0 saturated heterocycles. The number of Topliss-reactive ketones (excluding diaryl/α,β-unsaturated/α-hetero) is 1. The van der Waals surface area contributed by atoms with Gasteiger partial charge in [-0.3, -0.25) is 14.2 Å². The number of nitrogens with one attached hydrogen (secondary N) is 1. The first-order chi connectivity index (χ1) is 11.0. The van der Waals surface area contributed by atoms with Crippen LogP contribution in [-0.4, -0.2) is 16.3 Å². The summed E-state index contributed by atoms with van der Waals surface area (Å²) < 4.78 is 6.35. The number of aromatic nitrogens is 1. The van der Waals surface area contributed by atoms with E-state index in [2.05, 4.69) is 5.32 Å². The van der Waals surface area contributed by atoms with Crippen LogP contribution in [0.15, 0.2) is 57.7 Å². The van der Waals surface area contributed by atoms with E-state index in [0.29, 0.717) is 16.8 Å². The maximum atomic E-state index is 12.1. The van der Waals surface area contributed by atoms with Crippen LogP contribution >= 0.6 is 0 Å². The molecule has 23 heavy (non-hydrogen) atoms. The number of amides is 1. The molecule has 1 heterocycles. The first-order valence-corrected chi connectivity index (χ1v) is 7.04. The van der Waals surface area contributed by atoms with Gasteiger partial charge in [0.25, 0.3) is 0 Å². The lowest BCUT2D eigenvalue weighted by molar-refractivity contribution is -0.116. The molecule has 116 valence electrons. The van der Waals surface area contributed by atoms with Crippen LogP contribution in [0.4, 0.5) is 5.69 Å². The van der Waals surface area contributed by atoms with Crippen LogP contribution in [0.3, 0.4) is 0 Å². The van der Waals surface area contributed by atoms with Crippen molar-refractivity contribution in [3.63, 3.8) is 0 Å². The second-order valence-corrected chi connectivity index (χ2v) is 5.11. The van der Waals surface area contributed by atoms with Gasteiger partial charge in [-0.1, -0.05) is 18.2 Å². The minimum Gasteiger partial charge on any atom is -0.408 e. The standard InChI is InChI=1S/C17H14N2O4/c1-11(20)12-7-8-14-15(9-12)23-17(22)19(14)10-16(21)18-13-5-3-2-4-6-13/h2-9H,10H2,1H3,(H,18,21). The molecule has 3 rings (SSSR count). The second-order valence-electron chi connectivity index (χ2n) is 5.11. The largest absolute Gasteiger partial charge is 0.420 e. The van der Waals surface area contributed by atoms with E-state index >= 15 is 0 Å². The number of oxazole rings is 1. The fourth-order valence-electron chi connectivity index (χ4n) is 2.30. The van der Waals surface area contributed by atoms with Crippen molar-refractivity contribution in [1.29, 1.82) is 0 Å². The van der Waals surface area contributed by atoms with E-state index in [1.807, 2.05) is 6.07 Å². The maximum absolute atomic E-state index is 12.1. The number of ketones is 1. The summed E-state index contributed by atoms with van der Waals surface area (Å²) in [5.41, 5.74) is 1.86. The van der Waals surface area contributed by atoms with Crippen LogP contribution in [0.5, 0.6) is 0 Å². The Kier molecular flexibility index (Phi) is 3.80. The topological polar surface area (TPSA) is 81.3 Å². The SMILES string of the molecule is CC(=O)c1ccc2c(c1)oc(=O)n2CC(=O)Nc1ccccc1. The molecule has 0 spiro atoms. The highest BCUT2D eigenvalue weighted by atomic mass is 16.4. The van der Waals surface area contributed by atoms with Gasteiger partial charge in [0.1, 0.15) is 6.54 Å². The van der Waals surface area contributed by atoms with Crippen molar-refractivity contribution in [3.05, 3.63) is 64.6 Å². The molecule has 0 fully saturated rings. The Morgan fingerprint density at radius 3 is 2.57 bits per heavy atom. The number of hydrogen-bond donors (Lipinski definition) is 1. The zero-order valence-corrected chi connectivity index (χ0v) is 12.4. The molecule has 6 heteroatoms. The highest BCUT2D eigenvalue weighted by molar-refractivity contribution is 5.97. The van der Waals surface area contributed by atoms with Crippen LogP contribution < -0.4 is 11.1 Å². The van der Waals surface area contributed by atoms with E-state index in [4.69, 9.17) is 4.42 Å². The summed E-state index contributed by atoms with van der Waals surface area (Å²) in [5.74, 6) is -1.09. The van der Waals surface area contributed by atoms with E-state index in [9.17, 15) is 14.4 Å². The summed E-state index contributed by atoms with van der Waals surface area (Å²) in [6.07, 6.45) is 0. The van der Waals surface area contributed by atoms with Crippen molar-refractivity contribution in [1.82, 2.24) is 4.57 Å². The average Bonchev–Trinajstić information content (AvgIpc) is 2.83. The quantitative estimate of drug-likeness (QED) is 0.750. The number of anilines is 1. The van der Waals surface area contributed by atoms with Crippen molar-refractivity contribution in [2.75, 3.05) is 5.32 Å². The number of fused-ring (bicyclic) bond motifs is 1. The summed E-state index contributed by atoms with van der Waals surface area (Å²) in [7, 11) is 0. The number of carbonyl (C=O) groups excluding carboxylic acids is 2. The van der Waals surface area contributed by atoms with Gasteiger partial charge in [0.05, 0.1) is 5.52 Å². The molecule has 3 aromatic rings. The van der Waals surface area contributed by atoms with Crippen molar-refractivity contribution < 1.29 is 14.0 Å². The van der Waals surface area contributed by atoms with E-state index < -0.39 is 5.76 Å². The molecule has 0 radical (unpaired) electrons. The van der Waals surface area contributed by atoms with E-state index in [-0.39, 0.29) is 23.8 Å². The van der Waals surface area contributed by atoms with Crippen LogP contribution in [0.2, 0.25) is 0 Å². The summed E-state index contributed by atoms with van der Waals surface area (Å²) in [6, 6.07) is 13.7. The van der Waals surface area contributed by atoms with Gasteiger partial charge >= 0.3 is 5.76 Å². The lowest BCUT2D eigenvalue weighted by atomic mass is 10.1.